The monoisotopic (exact) mass is 403 g/mol. The molecule has 0 aliphatic rings. The van der Waals surface area contributed by atoms with Gasteiger partial charge in [0.25, 0.3) is 10.0 Å². The first-order valence-electron chi connectivity index (χ1n) is 8.35. The van der Waals surface area contributed by atoms with E-state index in [1.807, 2.05) is 24.3 Å². The molecule has 0 aliphatic carbocycles. The second-order valence-corrected chi connectivity index (χ2v) is 7.55. The summed E-state index contributed by atoms with van der Waals surface area (Å²) in [6, 6.07) is 12.2. The van der Waals surface area contributed by atoms with E-state index >= 15 is 0 Å². The Kier molecular flexibility index (Phi) is 5.74. The van der Waals surface area contributed by atoms with E-state index in [0.717, 1.165) is 11.3 Å². The van der Waals surface area contributed by atoms with Gasteiger partial charge in [-0.1, -0.05) is 12.1 Å². The summed E-state index contributed by atoms with van der Waals surface area (Å²) >= 11 is 0. The lowest BCUT2D eigenvalue weighted by molar-refractivity contribution is 0.392. The van der Waals surface area contributed by atoms with E-state index in [0.29, 0.717) is 18.0 Å². The minimum Gasteiger partial charge on any atom is -0.497 e. The van der Waals surface area contributed by atoms with Gasteiger partial charge in [0.15, 0.2) is 0 Å². The molecule has 148 valence electrons. The number of benzene rings is 2. The Labute approximate surface area is 163 Å². The lowest BCUT2D eigenvalue weighted by Crippen LogP contribution is -2.14. The predicted octanol–water partition coefficient (Wildman–Crippen LogP) is 2.76. The first kappa shape index (κ1) is 19.6. The van der Waals surface area contributed by atoms with Crippen molar-refractivity contribution in [2.75, 3.05) is 26.1 Å². The summed E-state index contributed by atoms with van der Waals surface area (Å²) in [7, 11) is 0.593. The number of nitrogens with one attached hydrogen (secondary N) is 1. The van der Waals surface area contributed by atoms with E-state index in [9.17, 15) is 8.42 Å². The summed E-state index contributed by atoms with van der Waals surface area (Å²) in [5.74, 6) is 1.38. The third kappa shape index (κ3) is 4.37. The number of rotatable bonds is 8. The molecule has 0 spiro atoms. The van der Waals surface area contributed by atoms with Crippen LogP contribution < -0.4 is 18.9 Å². The maximum atomic E-state index is 12.8. The number of anilines is 1. The van der Waals surface area contributed by atoms with Crippen LogP contribution >= 0.6 is 0 Å². The molecular weight excluding hydrogens is 382 g/mol. The minimum atomic E-state index is -3.89. The molecule has 1 aromatic heterocycles. The number of hydrogen-bond acceptors (Lipinski definition) is 6. The SMILES string of the molecule is COc1cccc(Cn2cc(NS(=O)(=O)c3cc(OC)ccc3OC)cn2)c1. The fourth-order valence-corrected chi connectivity index (χ4v) is 3.88. The molecular formula is C19H21N3O5S. The molecule has 0 amide bonds. The van der Waals surface area contributed by atoms with E-state index in [2.05, 4.69) is 9.82 Å². The predicted molar refractivity (Wildman–Crippen MR) is 105 cm³/mol. The van der Waals surface area contributed by atoms with Gasteiger partial charge in [-0.15, -0.1) is 0 Å². The van der Waals surface area contributed by atoms with Crippen LogP contribution in [0.1, 0.15) is 5.56 Å². The van der Waals surface area contributed by atoms with Crippen LogP contribution in [0.4, 0.5) is 5.69 Å². The largest absolute Gasteiger partial charge is 0.497 e. The number of sulfonamides is 1. The van der Waals surface area contributed by atoms with Crippen molar-refractivity contribution in [3.05, 3.63) is 60.4 Å². The lowest BCUT2D eigenvalue weighted by atomic mass is 10.2. The minimum absolute atomic E-state index is 0.0186. The van der Waals surface area contributed by atoms with Gasteiger partial charge in [-0.25, -0.2) is 8.42 Å². The summed E-state index contributed by atoms with van der Waals surface area (Å²) in [6.07, 6.45) is 3.06. The molecule has 3 aromatic rings. The fourth-order valence-electron chi connectivity index (χ4n) is 2.66. The van der Waals surface area contributed by atoms with Gasteiger partial charge in [0.05, 0.1) is 39.8 Å². The van der Waals surface area contributed by atoms with Crippen molar-refractivity contribution in [1.82, 2.24) is 9.78 Å². The molecule has 0 radical (unpaired) electrons. The van der Waals surface area contributed by atoms with Crippen molar-refractivity contribution in [3.63, 3.8) is 0 Å². The van der Waals surface area contributed by atoms with Crippen molar-refractivity contribution in [1.29, 1.82) is 0 Å². The van der Waals surface area contributed by atoms with Crippen LogP contribution in [-0.4, -0.2) is 39.5 Å². The number of nitrogens with zero attached hydrogens (tertiary/aromatic N) is 2. The highest BCUT2D eigenvalue weighted by Crippen LogP contribution is 2.29. The van der Waals surface area contributed by atoms with Gasteiger partial charge in [-0.3, -0.25) is 9.40 Å². The summed E-state index contributed by atoms with van der Waals surface area (Å²) in [5, 5.41) is 4.21. The van der Waals surface area contributed by atoms with Crippen LogP contribution in [0.3, 0.4) is 0 Å². The molecule has 28 heavy (non-hydrogen) atoms. The normalized spacial score (nSPS) is 11.1. The Morgan fingerprint density at radius 2 is 1.75 bits per heavy atom. The summed E-state index contributed by atoms with van der Waals surface area (Å²) in [4.78, 5) is -0.0186. The highest BCUT2D eigenvalue weighted by molar-refractivity contribution is 7.92. The lowest BCUT2D eigenvalue weighted by Gasteiger charge is -2.11. The Hall–Kier alpha value is -3.20. The van der Waals surface area contributed by atoms with Crippen LogP contribution in [0.25, 0.3) is 0 Å². The molecule has 1 heterocycles. The first-order valence-corrected chi connectivity index (χ1v) is 9.83. The molecule has 3 rings (SSSR count). The van der Waals surface area contributed by atoms with Gasteiger partial charge < -0.3 is 14.2 Å². The Bertz CT molecular complexity index is 1060. The van der Waals surface area contributed by atoms with Crippen molar-refractivity contribution >= 4 is 15.7 Å². The van der Waals surface area contributed by atoms with Crippen LogP contribution in [0, 0.1) is 0 Å². The Morgan fingerprint density at radius 1 is 1.00 bits per heavy atom. The molecule has 1 N–H and O–H groups in total. The number of hydrogen-bond donors (Lipinski definition) is 1. The zero-order valence-corrected chi connectivity index (χ0v) is 16.6. The van der Waals surface area contributed by atoms with Crippen molar-refractivity contribution < 1.29 is 22.6 Å². The average molecular weight is 403 g/mol. The van der Waals surface area contributed by atoms with E-state index in [1.165, 1.54) is 26.5 Å². The third-order valence-corrected chi connectivity index (χ3v) is 5.43. The van der Waals surface area contributed by atoms with E-state index in [-0.39, 0.29) is 10.6 Å². The van der Waals surface area contributed by atoms with Gasteiger partial charge in [-0.2, -0.15) is 5.10 Å². The summed E-state index contributed by atoms with van der Waals surface area (Å²) in [6.45, 7) is 0.474. The van der Waals surface area contributed by atoms with Gasteiger partial charge in [0.1, 0.15) is 22.1 Å². The first-order chi connectivity index (χ1) is 13.4. The van der Waals surface area contributed by atoms with Crippen molar-refractivity contribution in [2.24, 2.45) is 0 Å². The number of aromatic nitrogens is 2. The van der Waals surface area contributed by atoms with Gasteiger partial charge in [0.2, 0.25) is 0 Å². The maximum absolute atomic E-state index is 12.8. The molecule has 0 saturated carbocycles. The van der Waals surface area contributed by atoms with Gasteiger partial charge >= 0.3 is 0 Å². The van der Waals surface area contributed by atoms with Crippen LogP contribution in [0.2, 0.25) is 0 Å². The zero-order valence-electron chi connectivity index (χ0n) is 15.7. The summed E-state index contributed by atoms with van der Waals surface area (Å²) < 4.78 is 45.2. The highest BCUT2D eigenvalue weighted by Gasteiger charge is 2.21. The maximum Gasteiger partial charge on any atom is 0.265 e. The molecule has 2 aromatic carbocycles. The van der Waals surface area contributed by atoms with E-state index in [1.54, 1.807) is 30.1 Å². The van der Waals surface area contributed by atoms with Crippen molar-refractivity contribution in [3.8, 4) is 17.2 Å². The molecule has 0 fully saturated rings. The molecule has 8 nitrogen and oxygen atoms in total. The smallest absolute Gasteiger partial charge is 0.265 e. The second kappa shape index (κ2) is 8.22. The highest BCUT2D eigenvalue weighted by atomic mass is 32.2. The average Bonchev–Trinajstić information content (AvgIpc) is 3.13. The standard InChI is InChI=1S/C19H21N3O5S/c1-25-16-6-4-5-14(9-16)12-22-13-15(11-20-22)21-28(23,24)19-10-17(26-2)7-8-18(19)27-3/h4-11,13,21H,12H2,1-3H3. The van der Waals surface area contributed by atoms with E-state index in [4.69, 9.17) is 14.2 Å². The van der Waals surface area contributed by atoms with Crippen molar-refractivity contribution in [2.45, 2.75) is 11.4 Å². The Morgan fingerprint density at radius 3 is 2.46 bits per heavy atom. The molecule has 0 unspecified atom stereocenters. The Balaban J connectivity index is 1.80. The van der Waals surface area contributed by atoms with Gasteiger partial charge in [0, 0.05) is 12.3 Å². The molecule has 0 saturated heterocycles. The third-order valence-electron chi connectivity index (χ3n) is 4.02. The molecule has 0 aliphatic heterocycles. The fraction of sp³-hybridized carbons (Fsp3) is 0.211. The van der Waals surface area contributed by atoms with E-state index < -0.39 is 10.0 Å². The zero-order chi connectivity index (χ0) is 20.1. The molecule has 9 heteroatoms. The number of ether oxygens (including phenoxy) is 3. The summed E-state index contributed by atoms with van der Waals surface area (Å²) in [5.41, 5.74) is 1.32. The quantitative estimate of drug-likeness (QED) is 0.622. The van der Waals surface area contributed by atoms with Crippen LogP contribution in [-0.2, 0) is 16.6 Å². The topological polar surface area (TPSA) is 91.7 Å². The molecule has 0 bridgehead atoms. The van der Waals surface area contributed by atoms with Crippen LogP contribution in [0.15, 0.2) is 59.8 Å². The van der Waals surface area contributed by atoms with Crippen LogP contribution in [0.5, 0.6) is 17.2 Å². The second-order valence-electron chi connectivity index (χ2n) is 5.90. The molecule has 0 atom stereocenters. The number of methoxy groups -OCH3 is 3. The van der Waals surface area contributed by atoms with Gasteiger partial charge in [-0.05, 0) is 29.8 Å².